The van der Waals surface area contributed by atoms with Crippen molar-refractivity contribution in [2.45, 2.75) is 123 Å². The van der Waals surface area contributed by atoms with Crippen LogP contribution >= 0.6 is 0 Å². The maximum atomic E-state index is 12.7. The quantitative estimate of drug-likeness (QED) is 0.137. The van der Waals surface area contributed by atoms with E-state index in [1.807, 2.05) is 6.07 Å². The Morgan fingerprint density at radius 1 is 0.918 bits per heavy atom. The van der Waals surface area contributed by atoms with E-state index in [2.05, 4.69) is 11.5 Å². The average Bonchev–Trinajstić information content (AvgIpc) is 3.80. The van der Waals surface area contributed by atoms with Gasteiger partial charge in [0.2, 0.25) is 6.29 Å². The number of aliphatic hydroxyl groups excluding tert-OH is 5. The second kappa shape index (κ2) is 11.6. The van der Waals surface area contributed by atoms with Crippen LogP contribution in [0.3, 0.4) is 0 Å². The predicted molar refractivity (Wildman–Crippen MR) is 160 cm³/mol. The molecule has 7 aliphatic rings. The Labute approximate surface area is 280 Å². The summed E-state index contributed by atoms with van der Waals surface area (Å²) < 4.78 is 29.4. The number of nitrogens with zero attached hydrogens (tertiary/aromatic N) is 1. The van der Waals surface area contributed by atoms with Crippen LogP contribution in [0.15, 0.2) is 24.3 Å². The summed E-state index contributed by atoms with van der Waals surface area (Å²) in [5.74, 6) is -2.31. The standard InChI is InChI=1S/C33H41NO15/c1-12-6-7-33(44)16-10-14-4-5-15(23-17(14)32(33,27(12)46-23)8-9-34(16)11-13-2-3-13)45-31-26(21(38)20(37)25(48-31)29(42)43)49-30-22(39)18(35)19(36)24(47-30)28(40)41/h4-5,13,16,18-22,24-27,30-31,35-39,44H,1-3,6-11H2,(H,40,41)(H,42,43). The number of hydrogen-bond donors (Lipinski definition) is 8. The van der Waals surface area contributed by atoms with Crippen molar-refractivity contribution in [1.82, 2.24) is 4.90 Å². The van der Waals surface area contributed by atoms with Gasteiger partial charge in [-0.1, -0.05) is 12.6 Å². The Kier molecular flexibility index (Phi) is 7.85. The second-order valence-corrected chi connectivity index (χ2v) is 14.6. The van der Waals surface area contributed by atoms with Gasteiger partial charge in [-0.25, -0.2) is 9.59 Å². The number of aliphatic hydroxyl groups is 6. The number of carbonyl (C=O) groups is 2. The highest BCUT2D eigenvalue weighted by atomic mass is 16.8. The Bertz CT molecular complexity index is 1550. The first kappa shape index (κ1) is 33.3. The molecule has 0 amide bonds. The smallest absolute Gasteiger partial charge is 0.335 e. The zero-order chi connectivity index (χ0) is 34.7. The third-order valence-corrected chi connectivity index (χ3v) is 11.8. The maximum Gasteiger partial charge on any atom is 0.335 e. The minimum absolute atomic E-state index is 0.0619. The van der Waals surface area contributed by atoms with E-state index in [0.29, 0.717) is 37.4 Å². The number of ether oxygens (including phenoxy) is 5. The molecule has 268 valence electrons. The van der Waals surface area contributed by atoms with Crippen molar-refractivity contribution >= 4 is 11.9 Å². The van der Waals surface area contributed by atoms with Crippen molar-refractivity contribution in [3.63, 3.8) is 0 Å². The molecule has 16 heteroatoms. The lowest BCUT2D eigenvalue weighted by molar-refractivity contribution is -0.350. The highest BCUT2D eigenvalue weighted by Crippen LogP contribution is 2.66. The van der Waals surface area contributed by atoms with Gasteiger partial charge in [-0.2, -0.15) is 0 Å². The Hall–Kier alpha value is -2.90. The highest BCUT2D eigenvalue weighted by Gasteiger charge is 2.72. The zero-order valence-corrected chi connectivity index (χ0v) is 26.4. The van der Waals surface area contributed by atoms with E-state index in [0.717, 1.165) is 29.8 Å². The molecule has 1 spiro atoms. The first-order valence-corrected chi connectivity index (χ1v) is 16.7. The fourth-order valence-corrected chi connectivity index (χ4v) is 9.20. The zero-order valence-electron chi connectivity index (χ0n) is 26.4. The first-order valence-electron chi connectivity index (χ1n) is 16.7. The number of aliphatic carboxylic acids is 2. The van der Waals surface area contributed by atoms with Gasteiger partial charge in [-0.05, 0) is 68.2 Å². The fraction of sp³-hybridized carbons (Fsp3) is 0.697. The molecule has 5 fully saturated rings. The summed E-state index contributed by atoms with van der Waals surface area (Å²) in [5, 5.41) is 84.7. The minimum Gasteiger partial charge on any atom is -0.481 e. The molecule has 0 aromatic heterocycles. The van der Waals surface area contributed by atoms with Crippen molar-refractivity contribution in [2.75, 3.05) is 13.1 Å². The topological polar surface area (TPSA) is 245 Å². The van der Waals surface area contributed by atoms with Gasteiger partial charge in [0, 0.05) is 18.2 Å². The molecule has 1 aromatic carbocycles. The number of likely N-dealkylation sites (tertiary alicyclic amines) is 1. The van der Waals surface area contributed by atoms with Crippen LogP contribution in [0.5, 0.6) is 11.5 Å². The van der Waals surface area contributed by atoms with Gasteiger partial charge in [0.1, 0.15) is 36.6 Å². The summed E-state index contributed by atoms with van der Waals surface area (Å²) in [6, 6.07) is 3.34. The SMILES string of the molecule is C=C1CCC2(O)C3Cc4ccc(OC5OC(C(=O)O)C(O)C(O)C5OC5OC(C(=O)O)C(O)C(O)C5O)c5c4C2(CCN3CC2CC2)C1O5. The van der Waals surface area contributed by atoms with Crippen LogP contribution in [0.2, 0.25) is 0 Å². The van der Waals surface area contributed by atoms with Crippen molar-refractivity contribution in [3.05, 3.63) is 35.4 Å². The molecular formula is C33H41NO15. The number of hydrogen-bond acceptors (Lipinski definition) is 14. The summed E-state index contributed by atoms with van der Waals surface area (Å²) in [7, 11) is 0. The lowest BCUT2D eigenvalue weighted by atomic mass is 9.48. The lowest BCUT2D eigenvalue weighted by Gasteiger charge is -2.63. The van der Waals surface area contributed by atoms with E-state index in [1.54, 1.807) is 6.07 Å². The molecule has 2 saturated carbocycles. The maximum absolute atomic E-state index is 12.7. The van der Waals surface area contributed by atoms with E-state index < -0.39 is 90.5 Å². The Balaban J connectivity index is 1.15. The third-order valence-electron chi connectivity index (χ3n) is 11.8. The molecular weight excluding hydrogens is 650 g/mol. The molecule has 3 aliphatic carbocycles. The van der Waals surface area contributed by atoms with E-state index in [1.165, 1.54) is 12.8 Å². The van der Waals surface area contributed by atoms with Gasteiger partial charge in [-0.3, -0.25) is 4.90 Å². The molecule has 2 bridgehead atoms. The van der Waals surface area contributed by atoms with E-state index in [4.69, 9.17) is 23.7 Å². The van der Waals surface area contributed by atoms with Gasteiger partial charge in [0.05, 0.1) is 11.0 Å². The van der Waals surface area contributed by atoms with E-state index in [9.17, 15) is 50.4 Å². The van der Waals surface area contributed by atoms with Crippen LogP contribution in [0.25, 0.3) is 0 Å². The fourth-order valence-electron chi connectivity index (χ4n) is 9.20. The normalized spacial score (nSPS) is 45.7. The molecule has 4 heterocycles. The second-order valence-electron chi connectivity index (χ2n) is 14.6. The van der Waals surface area contributed by atoms with Crippen LogP contribution in [-0.2, 0) is 35.6 Å². The van der Waals surface area contributed by atoms with Crippen molar-refractivity contribution in [1.29, 1.82) is 0 Å². The van der Waals surface area contributed by atoms with Crippen molar-refractivity contribution < 1.29 is 74.1 Å². The summed E-state index contributed by atoms with van der Waals surface area (Å²) in [6.07, 6.45) is -15.8. The number of piperidine rings is 1. The van der Waals surface area contributed by atoms with Gasteiger partial charge in [0.25, 0.3) is 0 Å². The summed E-state index contributed by atoms with van der Waals surface area (Å²) in [6.45, 7) is 6.00. The molecule has 49 heavy (non-hydrogen) atoms. The summed E-state index contributed by atoms with van der Waals surface area (Å²) >= 11 is 0. The van der Waals surface area contributed by atoms with Gasteiger partial charge >= 0.3 is 11.9 Å². The van der Waals surface area contributed by atoms with E-state index >= 15 is 0 Å². The molecule has 14 atom stereocenters. The van der Waals surface area contributed by atoms with Crippen LogP contribution in [-0.4, -0.2) is 150 Å². The summed E-state index contributed by atoms with van der Waals surface area (Å²) in [4.78, 5) is 26.1. The molecule has 16 nitrogen and oxygen atoms in total. The molecule has 4 aliphatic heterocycles. The predicted octanol–water partition coefficient (Wildman–Crippen LogP) is -2.01. The van der Waals surface area contributed by atoms with Crippen molar-refractivity contribution in [2.24, 2.45) is 5.92 Å². The molecule has 14 unspecified atom stereocenters. The molecule has 1 aromatic rings. The van der Waals surface area contributed by atoms with Gasteiger partial charge < -0.3 is 64.5 Å². The Morgan fingerprint density at radius 3 is 2.27 bits per heavy atom. The lowest BCUT2D eigenvalue weighted by Crippen LogP contribution is -2.75. The number of carboxylic acids is 2. The van der Waals surface area contributed by atoms with Gasteiger partial charge in [0.15, 0.2) is 36.1 Å². The number of benzene rings is 1. The highest BCUT2D eigenvalue weighted by molar-refractivity contribution is 5.74. The largest absolute Gasteiger partial charge is 0.481 e. The average molecular weight is 692 g/mol. The minimum atomic E-state index is -2.07. The Morgan fingerprint density at radius 2 is 1.59 bits per heavy atom. The monoisotopic (exact) mass is 691 g/mol. The molecule has 8 rings (SSSR count). The van der Waals surface area contributed by atoms with Crippen LogP contribution in [0, 0.1) is 5.92 Å². The number of rotatable bonds is 8. The van der Waals surface area contributed by atoms with Crippen LogP contribution < -0.4 is 9.47 Å². The molecule has 3 saturated heterocycles. The van der Waals surface area contributed by atoms with Crippen LogP contribution in [0.1, 0.15) is 43.2 Å². The van der Waals surface area contributed by atoms with E-state index in [-0.39, 0.29) is 11.8 Å². The van der Waals surface area contributed by atoms with Gasteiger partial charge in [-0.15, -0.1) is 0 Å². The van der Waals surface area contributed by atoms with Crippen LogP contribution in [0.4, 0.5) is 0 Å². The first-order chi connectivity index (χ1) is 23.3. The third kappa shape index (κ3) is 4.80. The summed E-state index contributed by atoms with van der Waals surface area (Å²) in [5.41, 5.74) is 0.630. The number of carboxylic acid groups (broad SMARTS) is 2. The molecule has 8 N–H and O–H groups in total. The van der Waals surface area contributed by atoms with Crippen molar-refractivity contribution in [3.8, 4) is 11.5 Å². The molecule has 0 radical (unpaired) electrons.